The molecule has 0 saturated heterocycles. The summed E-state index contributed by atoms with van der Waals surface area (Å²) in [6, 6.07) is 6.04. The summed E-state index contributed by atoms with van der Waals surface area (Å²) in [6.45, 7) is 2.56. The van der Waals surface area contributed by atoms with Crippen LogP contribution in [0.25, 0.3) is 0 Å². The molecule has 0 spiro atoms. The van der Waals surface area contributed by atoms with Gasteiger partial charge in [0.2, 0.25) is 5.91 Å². The first-order valence-corrected chi connectivity index (χ1v) is 6.91. The van der Waals surface area contributed by atoms with E-state index in [1.807, 2.05) is 0 Å². The summed E-state index contributed by atoms with van der Waals surface area (Å²) < 4.78 is 9.87. The van der Waals surface area contributed by atoms with Gasteiger partial charge in [-0.15, -0.1) is 0 Å². The molecule has 0 saturated carbocycles. The van der Waals surface area contributed by atoms with E-state index in [1.54, 1.807) is 38.3 Å². The second-order valence-corrected chi connectivity index (χ2v) is 4.50. The summed E-state index contributed by atoms with van der Waals surface area (Å²) in [5.41, 5.74) is 6.53. The fourth-order valence-electron chi connectivity index (χ4n) is 1.78. The zero-order valence-corrected chi connectivity index (χ0v) is 12.4. The minimum Gasteiger partial charge on any atom is -0.462 e. The van der Waals surface area contributed by atoms with Gasteiger partial charge in [-0.3, -0.25) is 4.79 Å². The van der Waals surface area contributed by atoms with Gasteiger partial charge < -0.3 is 20.5 Å². The third-order valence-electron chi connectivity index (χ3n) is 2.88. The number of methoxy groups -OCH3 is 1. The number of rotatable bonds is 8. The number of esters is 1. The highest BCUT2D eigenvalue weighted by atomic mass is 16.5. The molecule has 1 amide bonds. The second-order valence-electron chi connectivity index (χ2n) is 4.50. The van der Waals surface area contributed by atoms with E-state index in [9.17, 15) is 9.59 Å². The second kappa shape index (κ2) is 9.10. The highest BCUT2D eigenvalue weighted by molar-refractivity contribution is 6.02. The van der Waals surface area contributed by atoms with Gasteiger partial charge in [0.1, 0.15) is 0 Å². The first-order valence-electron chi connectivity index (χ1n) is 6.91. The minimum absolute atomic E-state index is 0.275. The van der Waals surface area contributed by atoms with Crippen molar-refractivity contribution in [1.82, 2.24) is 0 Å². The van der Waals surface area contributed by atoms with E-state index < -0.39 is 12.0 Å². The number of nitrogens with two attached hydrogens (primary N) is 1. The summed E-state index contributed by atoms with van der Waals surface area (Å²) in [7, 11) is 1.60. The van der Waals surface area contributed by atoms with E-state index in [0.29, 0.717) is 30.7 Å². The van der Waals surface area contributed by atoms with E-state index in [4.69, 9.17) is 15.2 Å². The molecule has 21 heavy (non-hydrogen) atoms. The number of amides is 1. The quantitative estimate of drug-likeness (QED) is 0.561. The van der Waals surface area contributed by atoms with Crippen molar-refractivity contribution in [2.75, 3.05) is 25.6 Å². The Balaban J connectivity index is 2.69. The van der Waals surface area contributed by atoms with Crippen LogP contribution in [0, 0.1) is 0 Å². The van der Waals surface area contributed by atoms with Crippen LogP contribution in [0.1, 0.15) is 30.1 Å². The van der Waals surface area contributed by atoms with Gasteiger partial charge in [0.25, 0.3) is 0 Å². The third-order valence-corrected chi connectivity index (χ3v) is 2.88. The maximum Gasteiger partial charge on any atom is 0.340 e. The monoisotopic (exact) mass is 294 g/mol. The Hall–Kier alpha value is -1.92. The number of hydrogen-bond donors (Lipinski definition) is 2. The molecule has 6 nitrogen and oxygen atoms in total. The normalized spacial score (nSPS) is 11.8. The maximum absolute atomic E-state index is 12.0. The van der Waals surface area contributed by atoms with Gasteiger partial charge in [0.15, 0.2) is 0 Å². The van der Waals surface area contributed by atoms with Crippen molar-refractivity contribution in [3.05, 3.63) is 29.8 Å². The SMILES string of the molecule is CCOC(=O)c1ccccc1NC(=O)C(N)CCCOC. The molecular weight excluding hydrogens is 272 g/mol. The fourth-order valence-corrected chi connectivity index (χ4v) is 1.78. The smallest absolute Gasteiger partial charge is 0.340 e. The molecule has 0 heterocycles. The summed E-state index contributed by atoms with van der Waals surface area (Å²) in [5.74, 6) is -0.802. The standard InChI is InChI=1S/C15H22N2O4/c1-3-21-15(19)11-7-4-5-9-13(11)17-14(18)12(16)8-6-10-20-2/h4-5,7,9,12H,3,6,8,10,16H2,1-2H3,(H,17,18). The van der Waals surface area contributed by atoms with E-state index in [2.05, 4.69) is 5.32 Å². The number of carbonyl (C=O) groups is 2. The van der Waals surface area contributed by atoms with Crippen molar-refractivity contribution in [3.8, 4) is 0 Å². The van der Waals surface area contributed by atoms with E-state index in [1.165, 1.54) is 0 Å². The molecule has 0 aliphatic heterocycles. The van der Waals surface area contributed by atoms with Crippen molar-refractivity contribution in [2.24, 2.45) is 5.73 Å². The number of nitrogens with one attached hydrogen (secondary N) is 1. The van der Waals surface area contributed by atoms with Gasteiger partial charge >= 0.3 is 5.97 Å². The average Bonchev–Trinajstić information content (AvgIpc) is 2.48. The lowest BCUT2D eigenvalue weighted by Crippen LogP contribution is -2.36. The van der Waals surface area contributed by atoms with Crippen LogP contribution in [0.5, 0.6) is 0 Å². The molecule has 1 atom stereocenters. The van der Waals surface area contributed by atoms with Crippen molar-refractivity contribution in [1.29, 1.82) is 0 Å². The van der Waals surface area contributed by atoms with Gasteiger partial charge in [-0.2, -0.15) is 0 Å². The highest BCUT2D eigenvalue weighted by Gasteiger charge is 2.17. The van der Waals surface area contributed by atoms with Crippen LogP contribution in [-0.2, 0) is 14.3 Å². The predicted molar refractivity (Wildman–Crippen MR) is 80.1 cm³/mol. The van der Waals surface area contributed by atoms with Gasteiger partial charge in [0, 0.05) is 13.7 Å². The van der Waals surface area contributed by atoms with Crippen LogP contribution in [0.15, 0.2) is 24.3 Å². The number of carbonyl (C=O) groups excluding carboxylic acids is 2. The first kappa shape index (κ1) is 17.1. The Labute approximate surface area is 124 Å². The molecule has 1 aromatic rings. The fraction of sp³-hybridized carbons (Fsp3) is 0.467. The van der Waals surface area contributed by atoms with Crippen LogP contribution < -0.4 is 11.1 Å². The lowest BCUT2D eigenvalue weighted by Gasteiger charge is -2.14. The molecular formula is C15H22N2O4. The van der Waals surface area contributed by atoms with Crippen LogP contribution in [-0.4, -0.2) is 38.2 Å². The van der Waals surface area contributed by atoms with Gasteiger partial charge in [0.05, 0.1) is 23.9 Å². The molecule has 0 radical (unpaired) electrons. The zero-order chi connectivity index (χ0) is 15.7. The number of anilines is 1. The Morgan fingerprint density at radius 1 is 1.33 bits per heavy atom. The molecule has 1 rings (SSSR count). The van der Waals surface area contributed by atoms with Crippen LogP contribution in [0.4, 0.5) is 5.69 Å². The molecule has 116 valence electrons. The van der Waals surface area contributed by atoms with Crippen LogP contribution >= 0.6 is 0 Å². The molecule has 6 heteroatoms. The molecule has 1 unspecified atom stereocenters. The lowest BCUT2D eigenvalue weighted by molar-refractivity contribution is -0.117. The summed E-state index contributed by atoms with van der Waals surface area (Å²) in [6.07, 6.45) is 1.21. The first-order chi connectivity index (χ1) is 10.1. The Kier molecular flexibility index (Phi) is 7.42. The molecule has 0 aliphatic rings. The highest BCUT2D eigenvalue weighted by Crippen LogP contribution is 2.16. The molecule has 3 N–H and O–H groups in total. The zero-order valence-electron chi connectivity index (χ0n) is 12.4. The number of hydrogen-bond acceptors (Lipinski definition) is 5. The summed E-state index contributed by atoms with van der Waals surface area (Å²) in [4.78, 5) is 23.8. The number of para-hydroxylation sites is 1. The molecule has 0 aromatic heterocycles. The summed E-state index contributed by atoms with van der Waals surface area (Å²) >= 11 is 0. The van der Waals surface area contributed by atoms with Crippen LogP contribution in [0.2, 0.25) is 0 Å². The lowest BCUT2D eigenvalue weighted by atomic mass is 10.1. The Morgan fingerprint density at radius 3 is 2.71 bits per heavy atom. The predicted octanol–water partition coefficient (Wildman–Crippen LogP) is 1.56. The van der Waals surface area contributed by atoms with E-state index >= 15 is 0 Å². The van der Waals surface area contributed by atoms with E-state index in [0.717, 1.165) is 0 Å². The molecule has 1 aromatic carbocycles. The van der Waals surface area contributed by atoms with Crippen molar-refractivity contribution in [2.45, 2.75) is 25.8 Å². The average molecular weight is 294 g/mol. The van der Waals surface area contributed by atoms with E-state index in [-0.39, 0.29) is 12.5 Å². The third kappa shape index (κ3) is 5.53. The number of ether oxygens (including phenoxy) is 2. The van der Waals surface area contributed by atoms with Crippen molar-refractivity contribution >= 4 is 17.6 Å². The number of benzene rings is 1. The Morgan fingerprint density at radius 2 is 2.05 bits per heavy atom. The molecule has 0 bridgehead atoms. The minimum atomic E-state index is -0.643. The van der Waals surface area contributed by atoms with Gasteiger partial charge in [-0.1, -0.05) is 12.1 Å². The van der Waals surface area contributed by atoms with Crippen LogP contribution in [0.3, 0.4) is 0 Å². The van der Waals surface area contributed by atoms with Crippen molar-refractivity contribution < 1.29 is 19.1 Å². The van der Waals surface area contributed by atoms with Crippen molar-refractivity contribution in [3.63, 3.8) is 0 Å². The van der Waals surface area contributed by atoms with Gasteiger partial charge in [-0.05, 0) is 31.9 Å². The molecule has 0 fully saturated rings. The summed E-state index contributed by atoms with van der Waals surface area (Å²) in [5, 5.41) is 2.67. The van der Waals surface area contributed by atoms with Gasteiger partial charge in [-0.25, -0.2) is 4.79 Å². The largest absolute Gasteiger partial charge is 0.462 e. The maximum atomic E-state index is 12.0. The molecule has 0 aliphatic carbocycles. The topological polar surface area (TPSA) is 90.7 Å². The Bertz CT molecular complexity index is 476.